The lowest BCUT2D eigenvalue weighted by Crippen LogP contribution is -1.92. The van der Waals surface area contributed by atoms with E-state index in [2.05, 4.69) is 53.9 Å². The summed E-state index contributed by atoms with van der Waals surface area (Å²) in [5.74, 6) is 0. The number of nitrogens with zero attached hydrogens (tertiary/aromatic N) is 3. The molecule has 3 aromatic heterocycles. The van der Waals surface area contributed by atoms with Gasteiger partial charge in [0.1, 0.15) is 11.2 Å². The summed E-state index contributed by atoms with van der Waals surface area (Å²) in [6.45, 7) is 2.11. The normalized spacial score (nSPS) is 11.5. The zero-order chi connectivity index (χ0) is 16.1. The summed E-state index contributed by atoms with van der Waals surface area (Å²) in [5.41, 5.74) is 7.31. The van der Waals surface area contributed by atoms with E-state index in [1.165, 1.54) is 5.56 Å². The van der Waals surface area contributed by atoms with Crippen molar-refractivity contribution in [2.24, 2.45) is 0 Å². The molecule has 0 aliphatic heterocycles. The zero-order valence-corrected chi connectivity index (χ0v) is 13.3. The zero-order valence-electron chi connectivity index (χ0n) is 13.3. The molecule has 114 valence electrons. The minimum Gasteiger partial charge on any atom is -0.298 e. The summed E-state index contributed by atoms with van der Waals surface area (Å²) in [7, 11) is 0. The Labute approximate surface area is 139 Å². The van der Waals surface area contributed by atoms with Gasteiger partial charge in [0.25, 0.3) is 0 Å². The molecule has 0 radical (unpaired) electrons. The van der Waals surface area contributed by atoms with Crippen LogP contribution in [0.1, 0.15) is 5.56 Å². The third-order valence-corrected chi connectivity index (χ3v) is 4.44. The highest BCUT2D eigenvalue weighted by Gasteiger charge is 2.15. The van der Waals surface area contributed by atoms with Crippen LogP contribution in [0, 0.1) is 6.92 Å². The van der Waals surface area contributed by atoms with Gasteiger partial charge in [-0.1, -0.05) is 48.0 Å². The molecule has 5 rings (SSSR count). The van der Waals surface area contributed by atoms with Crippen molar-refractivity contribution < 1.29 is 0 Å². The number of aryl methyl sites for hydroxylation is 1. The molecule has 0 aliphatic rings. The summed E-state index contributed by atoms with van der Waals surface area (Å²) in [4.78, 5) is 9.85. The lowest BCUT2D eigenvalue weighted by molar-refractivity contribution is 1.22. The van der Waals surface area contributed by atoms with Gasteiger partial charge in [-0.25, -0.2) is 9.97 Å². The van der Waals surface area contributed by atoms with Crippen LogP contribution in [-0.4, -0.2) is 14.4 Å². The highest BCUT2D eigenvalue weighted by atomic mass is 15.0. The van der Waals surface area contributed by atoms with E-state index in [9.17, 15) is 0 Å². The van der Waals surface area contributed by atoms with Gasteiger partial charge in [0.15, 0.2) is 0 Å². The smallest absolute Gasteiger partial charge is 0.137 e. The predicted octanol–water partition coefficient (Wildman–Crippen LogP) is 5.01. The van der Waals surface area contributed by atoms with Crippen molar-refractivity contribution in [3.8, 4) is 11.3 Å². The number of fused-ring (bicyclic) bond motifs is 5. The summed E-state index contributed by atoms with van der Waals surface area (Å²) < 4.78 is 2.13. The van der Waals surface area contributed by atoms with Crippen LogP contribution in [0.4, 0.5) is 0 Å². The van der Waals surface area contributed by atoms with Gasteiger partial charge >= 0.3 is 0 Å². The lowest BCUT2D eigenvalue weighted by atomic mass is 10.1. The molecule has 0 bridgehead atoms. The van der Waals surface area contributed by atoms with E-state index in [1.807, 2.05) is 30.3 Å². The van der Waals surface area contributed by atoms with Crippen molar-refractivity contribution >= 4 is 27.6 Å². The molecule has 0 atom stereocenters. The first-order valence-electron chi connectivity index (χ1n) is 8.04. The van der Waals surface area contributed by atoms with Crippen molar-refractivity contribution in [1.29, 1.82) is 0 Å². The highest BCUT2D eigenvalue weighted by molar-refractivity contribution is 6.08. The second kappa shape index (κ2) is 4.90. The number of rotatable bonds is 1. The summed E-state index contributed by atoms with van der Waals surface area (Å²) in [6.07, 6.45) is 2.06. The van der Waals surface area contributed by atoms with Gasteiger partial charge in [-0.3, -0.25) is 4.40 Å². The molecule has 0 amide bonds. The molecule has 0 saturated carbocycles. The molecule has 24 heavy (non-hydrogen) atoms. The summed E-state index contributed by atoms with van der Waals surface area (Å²) in [5, 5.41) is 1.09. The maximum atomic E-state index is 4.98. The van der Waals surface area contributed by atoms with Gasteiger partial charge in [-0.15, -0.1) is 0 Å². The maximum absolute atomic E-state index is 4.98. The number of hydrogen-bond donors (Lipinski definition) is 0. The molecule has 0 fully saturated rings. The Bertz CT molecular complexity index is 1220. The largest absolute Gasteiger partial charge is 0.298 e. The fourth-order valence-corrected chi connectivity index (χ4v) is 3.35. The minimum absolute atomic E-state index is 0.944. The molecule has 0 saturated heterocycles. The third-order valence-electron chi connectivity index (χ3n) is 4.44. The van der Waals surface area contributed by atoms with Crippen LogP contribution >= 0.6 is 0 Å². The molecular formula is C21H15N3. The van der Waals surface area contributed by atoms with Crippen LogP contribution in [0.2, 0.25) is 0 Å². The van der Waals surface area contributed by atoms with E-state index in [0.29, 0.717) is 0 Å². The van der Waals surface area contributed by atoms with E-state index >= 15 is 0 Å². The second-order valence-electron chi connectivity index (χ2n) is 6.08. The highest BCUT2D eigenvalue weighted by Crippen LogP contribution is 2.32. The van der Waals surface area contributed by atoms with Crippen molar-refractivity contribution in [3.63, 3.8) is 0 Å². The molecular weight excluding hydrogens is 294 g/mol. The lowest BCUT2D eigenvalue weighted by Gasteiger charge is -2.08. The van der Waals surface area contributed by atoms with Crippen LogP contribution in [0.15, 0.2) is 72.9 Å². The average Bonchev–Trinajstić information content (AvgIpc) is 3.01. The molecule has 0 N–H and O–H groups in total. The molecule has 5 aromatic rings. The molecule has 3 heteroatoms. The first-order chi connectivity index (χ1) is 11.8. The average molecular weight is 309 g/mol. The van der Waals surface area contributed by atoms with Crippen molar-refractivity contribution in [2.75, 3.05) is 0 Å². The van der Waals surface area contributed by atoms with Crippen molar-refractivity contribution in [2.45, 2.75) is 6.92 Å². The van der Waals surface area contributed by atoms with Gasteiger partial charge in [-0.05, 0) is 31.2 Å². The van der Waals surface area contributed by atoms with E-state index in [1.54, 1.807) is 0 Å². The molecule has 3 nitrogen and oxygen atoms in total. The van der Waals surface area contributed by atoms with E-state index in [-0.39, 0.29) is 0 Å². The molecule has 3 heterocycles. The molecule has 0 spiro atoms. The Balaban J connectivity index is 2.04. The van der Waals surface area contributed by atoms with Crippen LogP contribution in [0.5, 0.6) is 0 Å². The van der Waals surface area contributed by atoms with E-state index in [4.69, 9.17) is 9.97 Å². The van der Waals surface area contributed by atoms with Crippen molar-refractivity contribution in [1.82, 2.24) is 14.4 Å². The molecule has 0 aliphatic carbocycles. The topological polar surface area (TPSA) is 30.2 Å². The van der Waals surface area contributed by atoms with Gasteiger partial charge in [0, 0.05) is 17.1 Å². The SMILES string of the molecule is Cc1cccc(-c2nc3ccccc3c3nc4ccccn4c23)c1. The monoisotopic (exact) mass is 309 g/mol. The number of aromatic nitrogens is 3. The predicted molar refractivity (Wildman–Crippen MR) is 98.2 cm³/mol. The quantitative estimate of drug-likeness (QED) is 0.435. The van der Waals surface area contributed by atoms with Gasteiger partial charge in [-0.2, -0.15) is 0 Å². The molecule has 2 aromatic carbocycles. The number of hydrogen-bond acceptors (Lipinski definition) is 2. The standard InChI is InChI=1S/C21H15N3/c1-14-7-6-8-15(13-14)19-21-20(16-9-2-3-10-17(16)22-19)23-18-11-4-5-12-24(18)21/h2-13H,1H3. The Morgan fingerprint density at radius 2 is 1.71 bits per heavy atom. The van der Waals surface area contributed by atoms with E-state index in [0.717, 1.165) is 38.8 Å². The van der Waals surface area contributed by atoms with Gasteiger partial charge in [0.2, 0.25) is 0 Å². The van der Waals surface area contributed by atoms with E-state index < -0.39 is 0 Å². The fourth-order valence-electron chi connectivity index (χ4n) is 3.35. The van der Waals surface area contributed by atoms with Gasteiger partial charge in [0.05, 0.1) is 16.7 Å². The first kappa shape index (κ1) is 13.3. The summed E-state index contributed by atoms with van der Waals surface area (Å²) >= 11 is 0. The van der Waals surface area contributed by atoms with Gasteiger partial charge < -0.3 is 0 Å². The Kier molecular flexibility index (Phi) is 2.71. The van der Waals surface area contributed by atoms with Crippen molar-refractivity contribution in [3.05, 3.63) is 78.5 Å². The van der Waals surface area contributed by atoms with Crippen LogP contribution in [0.3, 0.4) is 0 Å². The number of pyridine rings is 2. The first-order valence-corrected chi connectivity index (χ1v) is 8.04. The Hall–Kier alpha value is -3.20. The number of benzene rings is 2. The van der Waals surface area contributed by atoms with Crippen LogP contribution < -0.4 is 0 Å². The molecule has 0 unspecified atom stereocenters. The van der Waals surface area contributed by atoms with Crippen LogP contribution in [0.25, 0.3) is 38.8 Å². The number of imidazole rings is 1. The minimum atomic E-state index is 0.944. The van der Waals surface area contributed by atoms with Crippen LogP contribution in [-0.2, 0) is 0 Å². The third kappa shape index (κ3) is 1.85. The fraction of sp³-hybridized carbons (Fsp3) is 0.0476. The Morgan fingerprint density at radius 3 is 2.62 bits per heavy atom. The Morgan fingerprint density at radius 1 is 0.833 bits per heavy atom. The maximum Gasteiger partial charge on any atom is 0.137 e. The summed E-state index contributed by atoms with van der Waals surface area (Å²) in [6, 6.07) is 22.8. The number of para-hydroxylation sites is 1. The second-order valence-corrected chi connectivity index (χ2v) is 6.08.